The third-order valence-electron chi connectivity index (χ3n) is 4.04. The van der Waals surface area contributed by atoms with E-state index in [4.69, 9.17) is 0 Å². The normalized spacial score (nSPS) is 18.7. The molecule has 0 atom stereocenters. The van der Waals surface area contributed by atoms with E-state index in [2.05, 4.69) is 10.6 Å². The Morgan fingerprint density at radius 2 is 2.17 bits per heavy atom. The van der Waals surface area contributed by atoms with Crippen molar-refractivity contribution in [2.45, 2.75) is 38.1 Å². The van der Waals surface area contributed by atoms with Gasteiger partial charge in [-0.15, -0.1) is 0 Å². The molecule has 0 saturated heterocycles. The zero-order valence-electron chi connectivity index (χ0n) is 10.7. The van der Waals surface area contributed by atoms with Crippen molar-refractivity contribution in [2.24, 2.45) is 0 Å². The average Bonchev–Trinajstić information content (AvgIpc) is 3.05. The summed E-state index contributed by atoms with van der Waals surface area (Å²) >= 11 is 0. The van der Waals surface area contributed by atoms with Gasteiger partial charge in [0.05, 0.1) is 6.54 Å². The van der Waals surface area contributed by atoms with Crippen molar-refractivity contribution < 1.29 is 4.79 Å². The molecule has 1 aromatic carbocycles. The molecule has 0 amide bonds. The molecule has 0 unspecified atom stereocenters. The molecule has 1 aromatic rings. The number of rotatable bonds is 4. The highest BCUT2D eigenvalue weighted by atomic mass is 16.1. The van der Waals surface area contributed by atoms with Crippen LogP contribution in [0.4, 0.5) is 5.69 Å². The van der Waals surface area contributed by atoms with Crippen LogP contribution in [0.3, 0.4) is 0 Å². The molecule has 1 fully saturated rings. The van der Waals surface area contributed by atoms with Crippen molar-refractivity contribution in [1.29, 1.82) is 0 Å². The molecule has 3 rings (SSSR count). The standard InChI is InChI=1S/C15H20N2O/c18-15(10-17-13-3-1-2-4-13)12-5-6-14-11(9-12)7-8-16-14/h5-6,9,13,16-17H,1-4,7-8,10H2. The summed E-state index contributed by atoms with van der Waals surface area (Å²) < 4.78 is 0. The second kappa shape index (κ2) is 5.11. The smallest absolute Gasteiger partial charge is 0.176 e. The Morgan fingerprint density at radius 1 is 1.33 bits per heavy atom. The summed E-state index contributed by atoms with van der Waals surface area (Å²) in [5, 5.41) is 6.70. The highest BCUT2D eigenvalue weighted by Gasteiger charge is 2.17. The van der Waals surface area contributed by atoms with Gasteiger partial charge in [0.2, 0.25) is 0 Å². The Kier molecular flexibility index (Phi) is 3.33. The van der Waals surface area contributed by atoms with Crippen LogP contribution < -0.4 is 10.6 Å². The van der Waals surface area contributed by atoms with E-state index in [1.807, 2.05) is 18.2 Å². The fourth-order valence-corrected chi connectivity index (χ4v) is 2.95. The van der Waals surface area contributed by atoms with E-state index in [-0.39, 0.29) is 5.78 Å². The minimum absolute atomic E-state index is 0.219. The lowest BCUT2D eigenvalue weighted by atomic mass is 10.0. The Bertz CT molecular complexity index is 450. The number of hydrogen-bond donors (Lipinski definition) is 2. The van der Waals surface area contributed by atoms with Crippen LogP contribution in [-0.4, -0.2) is 24.9 Å². The van der Waals surface area contributed by atoms with Crippen LogP contribution in [0.2, 0.25) is 0 Å². The number of benzene rings is 1. The van der Waals surface area contributed by atoms with Crippen molar-refractivity contribution in [3.63, 3.8) is 0 Å². The minimum atomic E-state index is 0.219. The third-order valence-corrected chi connectivity index (χ3v) is 4.04. The second-order valence-corrected chi connectivity index (χ2v) is 5.33. The lowest BCUT2D eigenvalue weighted by Gasteiger charge is -2.11. The first-order valence-electron chi connectivity index (χ1n) is 6.96. The summed E-state index contributed by atoms with van der Waals surface area (Å²) in [5.74, 6) is 0.219. The summed E-state index contributed by atoms with van der Waals surface area (Å²) in [6.45, 7) is 1.48. The van der Waals surface area contributed by atoms with Crippen LogP contribution in [0.1, 0.15) is 41.6 Å². The van der Waals surface area contributed by atoms with Gasteiger partial charge in [-0.25, -0.2) is 0 Å². The predicted molar refractivity (Wildman–Crippen MR) is 73.2 cm³/mol. The SMILES string of the molecule is O=C(CNC1CCCC1)c1ccc2c(c1)CCN2. The molecule has 1 saturated carbocycles. The molecule has 18 heavy (non-hydrogen) atoms. The lowest BCUT2D eigenvalue weighted by molar-refractivity contribution is 0.0987. The maximum atomic E-state index is 12.1. The molecular formula is C15H20N2O. The fraction of sp³-hybridized carbons (Fsp3) is 0.533. The monoisotopic (exact) mass is 244 g/mol. The average molecular weight is 244 g/mol. The fourth-order valence-electron chi connectivity index (χ4n) is 2.95. The molecule has 0 spiro atoms. The molecule has 3 nitrogen and oxygen atoms in total. The number of ketones is 1. The van der Waals surface area contributed by atoms with E-state index in [9.17, 15) is 4.79 Å². The van der Waals surface area contributed by atoms with E-state index in [0.717, 1.165) is 18.5 Å². The maximum absolute atomic E-state index is 12.1. The van der Waals surface area contributed by atoms with Crippen LogP contribution in [-0.2, 0) is 6.42 Å². The zero-order valence-corrected chi connectivity index (χ0v) is 10.7. The molecular weight excluding hydrogens is 224 g/mol. The lowest BCUT2D eigenvalue weighted by Crippen LogP contribution is -2.31. The number of nitrogens with one attached hydrogen (secondary N) is 2. The summed E-state index contributed by atoms with van der Waals surface area (Å²) in [6, 6.07) is 6.58. The van der Waals surface area contributed by atoms with Gasteiger partial charge in [0, 0.05) is 23.8 Å². The molecule has 1 aliphatic carbocycles. The Hall–Kier alpha value is -1.35. The van der Waals surface area contributed by atoms with Crippen LogP contribution in [0.15, 0.2) is 18.2 Å². The van der Waals surface area contributed by atoms with Gasteiger partial charge in [-0.3, -0.25) is 4.79 Å². The Balaban J connectivity index is 1.61. The summed E-state index contributed by atoms with van der Waals surface area (Å²) in [7, 11) is 0. The number of fused-ring (bicyclic) bond motifs is 1. The number of hydrogen-bond acceptors (Lipinski definition) is 3. The molecule has 3 heteroatoms. The van der Waals surface area contributed by atoms with Gasteiger partial charge in [0.25, 0.3) is 0 Å². The van der Waals surface area contributed by atoms with Gasteiger partial charge in [0.1, 0.15) is 0 Å². The van der Waals surface area contributed by atoms with Gasteiger partial charge < -0.3 is 10.6 Å². The van der Waals surface area contributed by atoms with E-state index < -0.39 is 0 Å². The van der Waals surface area contributed by atoms with Crippen molar-refractivity contribution in [1.82, 2.24) is 5.32 Å². The first-order chi connectivity index (χ1) is 8.83. The van der Waals surface area contributed by atoms with Crippen molar-refractivity contribution in [3.8, 4) is 0 Å². The minimum Gasteiger partial charge on any atom is -0.384 e. The quantitative estimate of drug-likeness (QED) is 0.799. The van der Waals surface area contributed by atoms with Crippen molar-refractivity contribution in [2.75, 3.05) is 18.4 Å². The van der Waals surface area contributed by atoms with E-state index in [1.165, 1.54) is 36.9 Å². The summed E-state index contributed by atoms with van der Waals surface area (Å²) in [6.07, 6.45) is 6.09. The molecule has 2 N–H and O–H groups in total. The Labute approximate surface area is 108 Å². The van der Waals surface area contributed by atoms with E-state index in [0.29, 0.717) is 12.6 Å². The van der Waals surface area contributed by atoms with E-state index in [1.54, 1.807) is 0 Å². The van der Waals surface area contributed by atoms with Gasteiger partial charge in [-0.05, 0) is 43.0 Å². The molecule has 1 heterocycles. The number of carbonyl (C=O) groups is 1. The van der Waals surface area contributed by atoms with Crippen molar-refractivity contribution in [3.05, 3.63) is 29.3 Å². The van der Waals surface area contributed by atoms with Crippen LogP contribution in [0.5, 0.6) is 0 Å². The number of Topliss-reactive ketones (excluding diaryl/α,β-unsaturated/α-hetero) is 1. The van der Waals surface area contributed by atoms with E-state index >= 15 is 0 Å². The number of anilines is 1. The number of carbonyl (C=O) groups excluding carboxylic acids is 1. The van der Waals surface area contributed by atoms with Gasteiger partial charge >= 0.3 is 0 Å². The summed E-state index contributed by atoms with van der Waals surface area (Å²) in [4.78, 5) is 12.1. The maximum Gasteiger partial charge on any atom is 0.176 e. The Morgan fingerprint density at radius 3 is 3.00 bits per heavy atom. The zero-order chi connectivity index (χ0) is 12.4. The second-order valence-electron chi connectivity index (χ2n) is 5.33. The van der Waals surface area contributed by atoms with Crippen LogP contribution in [0, 0.1) is 0 Å². The molecule has 0 bridgehead atoms. The van der Waals surface area contributed by atoms with Crippen LogP contribution >= 0.6 is 0 Å². The highest BCUT2D eigenvalue weighted by molar-refractivity contribution is 5.98. The van der Waals surface area contributed by atoms with Gasteiger partial charge in [-0.1, -0.05) is 12.8 Å². The molecule has 1 aliphatic heterocycles. The topological polar surface area (TPSA) is 41.1 Å². The predicted octanol–water partition coefficient (Wildman–Crippen LogP) is 2.37. The highest BCUT2D eigenvalue weighted by Crippen LogP contribution is 2.23. The van der Waals surface area contributed by atoms with Gasteiger partial charge in [-0.2, -0.15) is 0 Å². The molecule has 96 valence electrons. The van der Waals surface area contributed by atoms with Gasteiger partial charge in [0.15, 0.2) is 5.78 Å². The van der Waals surface area contributed by atoms with Crippen LogP contribution in [0.25, 0.3) is 0 Å². The largest absolute Gasteiger partial charge is 0.384 e. The first-order valence-corrected chi connectivity index (χ1v) is 6.96. The molecule has 0 radical (unpaired) electrons. The van der Waals surface area contributed by atoms with Crippen molar-refractivity contribution >= 4 is 11.5 Å². The third kappa shape index (κ3) is 2.41. The molecule has 2 aliphatic rings. The first kappa shape index (κ1) is 11.7. The summed E-state index contributed by atoms with van der Waals surface area (Å²) in [5.41, 5.74) is 3.32. The molecule has 0 aromatic heterocycles.